The molecule has 5 nitrogen and oxygen atoms in total. The van der Waals surface area contributed by atoms with Gasteiger partial charge in [0.1, 0.15) is 0 Å². The largest absolute Gasteiger partial charge is 0.478 e. The van der Waals surface area contributed by atoms with Gasteiger partial charge >= 0.3 is 5.97 Å². The first-order valence-electron chi connectivity index (χ1n) is 5.14. The zero-order valence-corrected chi connectivity index (χ0v) is 10.4. The molecule has 1 aromatic carbocycles. The average molecular weight is 255 g/mol. The molecule has 17 heavy (non-hydrogen) atoms. The molecule has 0 aliphatic rings. The molecule has 0 radical (unpaired) electrons. The highest BCUT2D eigenvalue weighted by Crippen LogP contribution is 2.33. The third-order valence-electron chi connectivity index (χ3n) is 2.31. The van der Waals surface area contributed by atoms with Crippen LogP contribution in [0.3, 0.4) is 0 Å². The number of carboxylic acids is 1. The fourth-order valence-electron chi connectivity index (χ4n) is 1.19. The summed E-state index contributed by atoms with van der Waals surface area (Å²) in [6.07, 6.45) is 0.891. The molecule has 1 aromatic rings. The predicted octanol–water partition coefficient (Wildman–Crippen LogP) is 3.18. The second kappa shape index (κ2) is 5.67. The molecule has 0 saturated carbocycles. The van der Waals surface area contributed by atoms with Gasteiger partial charge in [0.05, 0.1) is 15.4 Å². The predicted molar refractivity (Wildman–Crippen MR) is 65.7 cm³/mol. The molecule has 0 amide bonds. The van der Waals surface area contributed by atoms with E-state index in [9.17, 15) is 14.9 Å². The van der Waals surface area contributed by atoms with Gasteiger partial charge in [-0.3, -0.25) is 10.1 Å². The summed E-state index contributed by atoms with van der Waals surface area (Å²) in [5, 5.41) is 19.9. The van der Waals surface area contributed by atoms with Crippen LogP contribution < -0.4 is 0 Å². The van der Waals surface area contributed by atoms with Crippen molar-refractivity contribution in [3.05, 3.63) is 33.9 Å². The van der Waals surface area contributed by atoms with E-state index in [0.29, 0.717) is 4.90 Å². The summed E-state index contributed by atoms with van der Waals surface area (Å²) in [7, 11) is 0. The number of nitro groups is 1. The lowest BCUT2D eigenvalue weighted by molar-refractivity contribution is -0.387. The van der Waals surface area contributed by atoms with Crippen LogP contribution in [0.1, 0.15) is 30.6 Å². The van der Waals surface area contributed by atoms with Crippen molar-refractivity contribution in [2.75, 3.05) is 0 Å². The van der Waals surface area contributed by atoms with Crippen molar-refractivity contribution in [1.82, 2.24) is 0 Å². The molecule has 1 rings (SSSR count). The van der Waals surface area contributed by atoms with E-state index >= 15 is 0 Å². The number of carbonyl (C=O) groups is 1. The lowest BCUT2D eigenvalue weighted by atomic mass is 10.2. The number of nitrogens with zero attached hydrogens (tertiary/aromatic N) is 1. The van der Waals surface area contributed by atoms with Crippen LogP contribution in [-0.4, -0.2) is 21.2 Å². The zero-order valence-electron chi connectivity index (χ0n) is 9.54. The van der Waals surface area contributed by atoms with Crippen molar-refractivity contribution in [3.63, 3.8) is 0 Å². The fraction of sp³-hybridized carbons (Fsp3) is 0.364. The van der Waals surface area contributed by atoms with Gasteiger partial charge in [0, 0.05) is 11.3 Å². The molecule has 1 N–H and O–H groups in total. The molecular formula is C11H13NO4S. The highest BCUT2D eigenvalue weighted by Gasteiger charge is 2.18. The lowest BCUT2D eigenvalue weighted by Crippen LogP contribution is -2.01. The van der Waals surface area contributed by atoms with E-state index in [4.69, 9.17) is 5.11 Å². The monoisotopic (exact) mass is 255 g/mol. The van der Waals surface area contributed by atoms with Gasteiger partial charge in [0.25, 0.3) is 5.69 Å². The minimum Gasteiger partial charge on any atom is -0.478 e. The summed E-state index contributed by atoms with van der Waals surface area (Å²) in [5.41, 5.74) is -0.208. The van der Waals surface area contributed by atoms with Crippen molar-refractivity contribution < 1.29 is 14.8 Å². The Morgan fingerprint density at radius 1 is 1.59 bits per heavy atom. The van der Waals surface area contributed by atoms with E-state index in [1.54, 1.807) is 0 Å². The molecule has 1 atom stereocenters. The number of rotatable bonds is 5. The Morgan fingerprint density at radius 2 is 2.24 bits per heavy atom. The first kappa shape index (κ1) is 13.5. The van der Waals surface area contributed by atoms with E-state index in [0.717, 1.165) is 12.5 Å². The van der Waals surface area contributed by atoms with E-state index in [2.05, 4.69) is 0 Å². The maximum Gasteiger partial charge on any atom is 0.335 e. The second-order valence-electron chi connectivity index (χ2n) is 3.58. The Morgan fingerprint density at radius 3 is 2.71 bits per heavy atom. The highest BCUT2D eigenvalue weighted by atomic mass is 32.2. The molecule has 0 saturated heterocycles. The van der Waals surface area contributed by atoms with Crippen molar-refractivity contribution >= 4 is 23.4 Å². The van der Waals surface area contributed by atoms with Crippen molar-refractivity contribution in [3.8, 4) is 0 Å². The number of hydrogen-bond acceptors (Lipinski definition) is 4. The first-order valence-corrected chi connectivity index (χ1v) is 6.02. The van der Waals surface area contributed by atoms with Gasteiger partial charge in [-0.2, -0.15) is 0 Å². The quantitative estimate of drug-likeness (QED) is 0.496. The van der Waals surface area contributed by atoms with Gasteiger partial charge in [-0.1, -0.05) is 13.8 Å². The van der Waals surface area contributed by atoms with Crippen LogP contribution in [0.5, 0.6) is 0 Å². The Labute approximate surface area is 103 Å². The minimum absolute atomic E-state index is 0.0646. The summed E-state index contributed by atoms with van der Waals surface area (Å²) in [6.45, 7) is 3.97. The highest BCUT2D eigenvalue weighted by molar-refractivity contribution is 8.00. The molecule has 0 heterocycles. The van der Waals surface area contributed by atoms with E-state index < -0.39 is 10.9 Å². The molecular weight excluding hydrogens is 242 g/mol. The van der Waals surface area contributed by atoms with Gasteiger partial charge in [0.15, 0.2) is 0 Å². The van der Waals surface area contributed by atoms with Crippen LogP contribution in [0.2, 0.25) is 0 Å². The SMILES string of the molecule is CCC(C)Sc1ccc(C(=O)O)cc1[N+](=O)[O-]. The third kappa shape index (κ3) is 3.45. The number of carboxylic acid groups (broad SMARTS) is 1. The molecule has 0 aromatic heterocycles. The van der Waals surface area contributed by atoms with Crippen LogP contribution in [-0.2, 0) is 0 Å². The molecule has 0 spiro atoms. The summed E-state index contributed by atoms with van der Waals surface area (Å²) in [5.74, 6) is -1.16. The Hall–Kier alpha value is -1.56. The fourth-order valence-corrected chi connectivity index (χ4v) is 2.19. The summed E-state index contributed by atoms with van der Waals surface area (Å²) >= 11 is 1.38. The summed E-state index contributed by atoms with van der Waals surface area (Å²) < 4.78 is 0. The second-order valence-corrected chi connectivity index (χ2v) is 5.06. The number of aromatic carboxylic acids is 1. The van der Waals surface area contributed by atoms with E-state index in [1.165, 1.54) is 23.9 Å². The number of thioether (sulfide) groups is 1. The van der Waals surface area contributed by atoms with Crippen molar-refractivity contribution in [2.45, 2.75) is 30.4 Å². The first-order chi connectivity index (χ1) is 7.95. The van der Waals surface area contributed by atoms with Crippen LogP contribution in [0.4, 0.5) is 5.69 Å². The maximum atomic E-state index is 10.9. The number of nitro benzene ring substituents is 1. The molecule has 0 aliphatic heterocycles. The minimum atomic E-state index is -1.16. The van der Waals surface area contributed by atoms with E-state index in [1.807, 2.05) is 13.8 Å². The summed E-state index contributed by atoms with van der Waals surface area (Å²) in [6, 6.07) is 3.99. The topological polar surface area (TPSA) is 80.4 Å². The smallest absolute Gasteiger partial charge is 0.335 e. The van der Waals surface area contributed by atoms with Crippen molar-refractivity contribution in [2.24, 2.45) is 0 Å². The van der Waals surface area contributed by atoms with Crippen molar-refractivity contribution in [1.29, 1.82) is 0 Å². The molecule has 0 bridgehead atoms. The number of hydrogen-bond donors (Lipinski definition) is 1. The Balaban J connectivity index is 3.13. The standard InChI is InChI=1S/C11H13NO4S/c1-3-7(2)17-10-5-4-8(11(13)14)6-9(10)12(15)16/h4-7H,3H2,1-2H3,(H,13,14). The normalized spacial score (nSPS) is 12.1. The van der Waals surface area contributed by atoms with Crippen LogP contribution >= 0.6 is 11.8 Å². The molecule has 0 fully saturated rings. The zero-order chi connectivity index (χ0) is 13.0. The Kier molecular flexibility index (Phi) is 4.51. The van der Waals surface area contributed by atoms with Gasteiger partial charge in [-0.05, 0) is 18.6 Å². The lowest BCUT2D eigenvalue weighted by Gasteiger charge is -2.08. The molecule has 6 heteroatoms. The van der Waals surface area contributed by atoms with E-state index in [-0.39, 0.29) is 16.5 Å². The molecule has 1 unspecified atom stereocenters. The van der Waals surface area contributed by atoms with Crippen LogP contribution in [0, 0.1) is 10.1 Å². The van der Waals surface area contributed by atoms with Gasteiger partial charge < -0.3 is 5.11 Å². The number of benzene rings is 1. The summed E-state index contributed by atoms with van der Waals surface area (Å²) in [4.78, 5) is 21.6. The van der Waals surface area contributed by atoms with Gasteiger partial charge in [0.2, 0.25) is 0 Å². The van der Waals surface area contributed by atoms with Crippen LogP contribution in [0.15, 0.2) is 23.1 Å². The molecule has 0 aliphatic carbocycles. The molecule has 92 valence electrons. The Bertz CT molecular complexity index is 447. The van der Waals surface area contributed by atoms with Gasteiger partial charge in [-0.15, -0.1) is 11.8 Å². The third-order valence-corrected chi connectivity index (χ3v) is 3.64. The van der Waals surface area contributed by atoms with Gasteiger partial charge in [-0.25, -0.2) is 4.79 Å². The average Bonchev–Trinajstić information content (AvgIpc) is 2.28. The van der Waals surface area contributed by atoms with Crippen LogP contribution in [0.25, 0.3) is 0 Å². The maximum absolute atomic E-state index is 10.9.